The number of benzene rings is 2. The lowest BCUT2D eigenvalue weighted by Gasteiger charge is -2.17. The first-order valence-electron chi connectivity index (χ1n) is 7.89. The fourth-order valence-electron chi connectivity index (χ4n) is 2.38. The zero-order valence-corrected chi connectivity index (χ0v) is 14.4. The van der Waals surface area contributed by atoms with Crippen molar-refractivity contribution in [3.05, 3.63) is 54.1 Å². The summed E-state index contributed by atoms with van der Waals surface area (Å²) < 4.78 is 10.5. The van der Waals surface area contributed by atoms with Gasteiger partial charge in [-0.3, -0.25) is 4.79 Å². The zero-order chi connectivity index (χ0) is 17.4. The highest BCUT2D eigenvalue weighted by Gasteiger charge is 2.10. The molecule has 5 nitrogen and oxygen atoms in total. The van der Waals surface area contributed by atoms with E-state index in [9.17, 15) is 4.79 Å². The highest BCUT2D eigenvalue weighted by molar-refractivity contribution is 5.92. The van der Waals surface area contributed by atoms with Crippen LogP contribution in [0.2, 0.25) is 0 Å². The molecule has 0 heterocycles. The first-order valence-corrected chi connectivity index (χ1v) is 7.89. The average Bonchev–Trinajstić information content (AvgIpc) is 2.64. The van der Waals surface area contributed by atoms with Crippen LogP contribution in [-0.2, 0) is 11.3 Å². The number of para-hydroxylation sites is 1. The number of nitrogens with one attached hydrogen (secondary N) is 1. The lowest BCUT2D eigenvalue weighted by atomic mass is 10.2. The van der Waals surface area contributed by atoms with Crippen molar-refractivity contribution in [2.75, 3.05) is 32.7 Å². The maximum Gasteiger partial charge on any atom is 0.227 e. The van der Waals surface area contributed by atoms with Crippen LogP contribution < -0.4 is 19.7 Å². The van der Waals surface area contributed by atoms with Crippen LogP contribution in [0.5, 0.6) is 11.5 Å². The molecular weight excluding hydrogens is 304 g/mol. The largest absolute Gasteiger partial charge is 0.493 e. The van der Waals surface area contributed by atoms with E-state index in [0.717, 1.165) is 11.3 Å². The number of nitrogens with zero attached hydrogens (tertiary/aromatic N) is 1. The minimum atomic E-state index is 0.0843. The molecule has 0 fully saturated rings. The summed E-state index contributed by atoms with van der Waals surface area (Å²) in [6.07, 6.45) is 0.443. The van der Waals surface area contributed by atoms with Gasteiger partial charge in [0.1, 0.15) is 0 Å². The third kappa shape index (κ3) is 4.73. The lowest BCUT2D eigenvalue weighted by Crippen LogP contribution is -2.29. The van der Waals surface area contributed by atoms with Gasteiger partial charge in [-0.15, -0.1) is 0 Å². The number of carbonyl (C=O) groups excluding carboxylic acids is 1. The SMILES string of the molecule is COc1ccc(CNCCC(=O)N(C)c2ccccc2)cc1OC. The molecule has 1 N–H and O–H groups in total. The number of amides is 1. The van der Waals surface area contributed by atoms with Crippen LogP contribution in [0.3, 0.4) is 0 Å². The van der Waals surface area contributed by atoms with Gasteiger partial charge in [0.05, 0.1) is 14.2 Å². The molecule has 0 spiro atoms. The molecule has 2 aromatic rings. The van der Waals surface area contributed by atoms with E-state index >= 15 is 0 Å². The maximum absolute atomic E-state index is 12.2. The zero-order valence-electron chi connectivity index (χ0n) is 14.4. The second-order valence-electron chi connectivity index (χ2n) is 5.40. The number of rotatable bonds is 8. The van der Waals surface area contributed by atoms with Crippen LogP contribution in [0.25, 0.3) is 0 Å². The van der Waals surface area contributed by atoms with E-state index in [-0.39, 0.29) is 5.91 Å². The van der Waals surface area contributed by atoms with Crippen molar-refractivity contribution in [1.29, 1.82) is 0 Å². The van der Waals surface area contributed by atoms with Gasteiger partial charge in [-0.2, -0.15) is 0 Å². The Morgan fingerprint density at radius 3 is 2.42 bits per heavy atom. The quantitative estimate of drug-likeness (QED) is 0.757. The summed E-state index contributed by atoms with van der Waals surface area (Å²) >= 11 is 0. The average molecular weight is 328 g/mol. The standard InChI is InChI=1S/C19H24N2O3/c1-21(16-7-5-4-6-8-16)19(22)11-12-20-14-15-9-10-17(23-2)18(13-15)24-3/h4-10,13,20H,11-12,14H2,1-3H3. The normalized spacial score (nSPS) is 10.3. The van der Waals surface area contributed by atoms with Gasteiger partial charge >= 0.3 is 0 Å². The van der Waals surface area contributed by atoms with Gasteiger partial charge in [-0.25, -0.2) is 0 Å². The van der Waals surface area contributed by atoms with E-state index in [1.54, 1.807) is 26.2 Å². The predicted molar refractivity (Wildman–Crippen MR) is 95.7 cm³/mol. The van der Waals surface area contributed by atoms with Crippen molar-refractivity contribution >= 4 is 11.6 Å². The highest BCUT2D eigenvalue weighted by Crippen LogP contribution is 2.27. The molecule has 0 unspecified atom stereocenters. The van der Waals surface area contributed by atoms with Gasteiger partial charge in [0.2, 0.25) is 5.91 Å². The van der Waals surface area contributed by atoms with Crippen molar-refractivity contribution in [2.45, 2.75) is 13.0 Å². The van der Waals surface area contributed by atoms with Crippen molar-refractivity contribution in [3.8, 4) is 11.5 Å². The fourth-order valence-corrected chi connectivity index (χ4v) is 2.38. The molecule has 0 radical (unpaired) electrons. The van der Waals surface area contributed by atoms with Gasteiger partial charge < -0.3 is 19.7 Å². The number of carbonyl (C=O) groups is 1. The molecule has 0 aliphatic rings. The number of hydrogen-bond acceptors (Lipinski definition) is 4. The molecule has 24 heavy (non-hydrogen) atoms. The van der Waals surface area contributed by atoms with Crippen LogP contribution >= 0.6 is 0 Å². The van der Waals surface area contributed by atoms with E-state index in [1.807, 2.05) is 48.5 Å². The van der Waals surface area contributed by atoms with E-state index < -0.39 is 0 Å². The Labute approximate surface area is 143 Å². The minimum absolute atomic E-state index is 0.0843. The third-order valence-corrected chi connectivity index (χ3v) is 3.81. The molecule has 0 saturated heterocycles. The Kier molecular flexibility index (Phi) is 6.63. The molecule has 0 aromatic heterocycles. The van der Waals surface area contributed by atoms with E-state index in [4.69, 9.17) is 9.47 Å². The summed E-state index contributed by atoms with van der Waals surface area (Å²) in [6.45, 7) is 1.28. The minimum Gasteiger partial charge on any atom is -0.493 e. The highest BCUT2D eigenvalue weighted by atomic mass is 16.5. The second kappa shape index (κ2) is 8.93. The summed E-state index contributed by atoms with van der Waals surface area (Å²) in [7, 11) is 5.03. The number of methoxy groups -OCH3 is 2. The third-order valence-electron chi connectivity index (χ3n) is 3.81. The number of ether oxygens (including phenoxy) is 2. The Hall–Kier alpha value is -2.53. The van der Waals surface area contributed by atoms with E-state index in [1.165, 1.54) is 0 Å². The molecule has 2 aromatic carbocycles. The predicted octanol–water partition coefficient (Wildman–Crippen LogP) is 2.85. The topological polar surface area (TPSA) is 50.8 Å². The molecule has 0 bridgehead atoms. The molecule has 0 saturated carbocycles. The van der Waals surface area contributed by atoms with E-state index in [0.29, 0.717) is 31.0 Å². The van der Waals surface area contributed by atoms with Crippen LogP contribution in [0.1, 0.15) is 12.0 Å². The van der Waals surface area contributed by atoms with Crippen molar-refractivity contribution in [3.63, 3.8) is 0 Å². The van der Waals surface area contributed by atoms with Crippen LogP contribution in [0, 0.1) is 0 Å². The fraction of sp³-hybridized carbons (Fsp3) is 0.316. The summed E-state index contributed by atoms with van der Waals surface area (Å²) in [4.78, 5) is 13.9. The Morgan fingerprint density at radius 1 is 1.04 bits per heavy atom. The Morgan fingerprint density at radius 2 is 1.75 bits per heavy atom. The van der Waals surface area contributed by atoms with Crippen molar-refractivity contribution < 1.29 is 14.3 Å². The summed E-state index contributed by atoms with van der Waals surface area (Å²) in [6, 6.07) is 15.4. The summed E-state index contributed by atoms with van der Waals surface area (Å²) in [5.74, 6) is 1.50. The summed E-state index contributed by atoms with van der Waals surface area (Å²) in [5, 5.41) is 3.28. The van der Waals surface area contributed by atoms with Crippen LogP contribution in [-0.4, -0.2) is 33.7 Å². The molecule has 5 heteroatoms. The van der Waals surface area contributed by atoms with Crippen LogP contribution in [0.4, 0.5) is 5.69 Å². The summed E-state index contributed by atoms with van der Waals surface area (Å²) in [5.41, 5.74) is 1.99. The molecule has 128 valence electrons. The molecule has 0 aliphatic carbocycles. The van der Waals surface area contributed by atoms with Gasteiger partial charge in [-0.1, -0.05) is 24.3 Å². The van der Waals surface area contributed by atoms with Crippen molar-refractivity contribution in [1.82, 2.24) is 5.32 Å². The first-order chi connectivity index (χ1) is 11.7. The molecule has 1 amide bonds. The monoisotopic (exact) mass is 328 g/mol. The number of hydrogen-bond donors (Lipinski definition) is 1. The smallest absolute Gasteiger partial charge is 0.227 e. The van der Waals surface area contributed by atoms with Gasteiger partial charge in [0.25, 0.3) is 0 Å². The van der Waals surface area contributed by atoms with Gasteiger partial charge in [-0.05, 0) is 29.8 Å². The molecule has 2 rings (SSSR count). The molecule has 0 atom stereocenters. The second-order valence-corrected chi connectivity index (χ2v) is 5.40. The maximum atomic E-state index is 12.2. The molecule has 0 aliphatic heterocycles. The Balaban J connectivity index is 1.79. The van der Waals surface area contributed by atoms with Gasteiger partial charge in [0.15, 0.2) is 11.5 Å². The van der Waals surface area contributed by atoms with Crippen LogP contribution in [0.15, 0.2) is 48.5 Å². The molecular formula is C19H24N2O3. The first kappa shape index (κ1) is 17.8. The Bertz CT molecular complexity index is 659. The van der Waals surface area contributed by atoms with Gasteiger partial charge in [0, 0.05) is 32.2 Å². The van der Waals surface area contributed by atoms with Crippen molar-refractivity contribution in [2.24, 2.45) is 0 Å². The lowest BCUT2D eigenvalue weighted by molar-refractivity contribution is -0.118. The van der Waals surface area contributed by atoms with E-state index in [2.05, 4.69) is 5.32 Å². The number of anilines is 1.